The Morgan fingerprint density at radius 2 is 1.79 bits per heavy atom. The molecule has 1 aromatic heterocycles. The zero-order chi connectivity index (χ0) is 20.1. The van der Waals surface area contributed by atoms with Gasteiger partial charge < -0.3 is 11.2 Å². The summed E-state index contributed by atoms with van der Waals surface area (Å²) in [5, 5.41) is 12.9. The molecule has 0 saturated heterocycles. The zero-order valence-electron chi connectivity index (χ0n) is 14.8. The minimum absolute atomic E-state index is 0.302. The lowest BCUT2D eigenvalue weighted by molar-refractivity contribution is -0.119. The predicted molar refractivity (Wildman–Crippen MR) is 108 cm³/mol. The molecule has 3 amide bonds. The van der Waals surface area contributed by atoms with Crippen molar-refractivity contribution in [2.24, 2.45) is 0 Å². The highest BCUT2D eigenvalue weighted by Gasteiger charge is 2.27. The minimum atomic E-state index is -0.760. The van der Waals surface area contributed by atoms with E-state index in [0.717, 1.165) is 11.8 Å². The van der Waals surface area contributed by atoms with Gasteiger partial charge in [-0.3, -0.25) is 10.1 Å². The van der Waals surface area contributed by atoms with E-state index in [-0.39, 0.29) is 0 Å². The second-order valence-electron chi connectivity index (χ2n) is 5.63. The molecule has 0 aliphatic heterocycles. The fourth-order valence-corrected chi connectivity index (χ4v) is 3.61. The minimum Gasteiger partial charge on any atom is -0.341 e. The highest BCUT2D eigenvalue weighted by molar-refractivity contribution is 8.00. The van der Waals surface area contributed by atoms with Crippen LogP contribution in [0.4, 0.5) is 4.79 Å². The van der Waals surface area contributed by atoms with Gasteiger partial charge in [-0.05, 0) is 17.7 Å². The molecule has 28 heavy (non-hydrogen) atoms. The van der Waals surface area contributed by atoms with Crippen LogP contribution in [0.25, 0.3) is 11.4 Å². The van der Waals surface area contributed by atoms with Crippen molar-refractivity contribution < 1.29 is 9.59 Å². The third-order valence-electron chi connectivity index (χ3n) is 3.81. The molecule has 2 aromatic carbocycles. The SMILES string of the molecule is CNC(=O)NC(=O)[C@@H](Sc1nnc(-c2ccccc2Cl)n1N)c1ccccc1. The molecule has 0 aliphatic carbocycles. The molecule has 0 saturated carbocycles. The number of nitrogens with two attached hydrogens (primary N) is 1. The Kier molecular flexibility index (Phi) is 6.17. The number of benzene rings is 2. The molecule has 1 atom stereocenters. The molecule has 0 bridgehead atoms. The Morgan fingerprint density at radius 3 is 2.46 bits per heavy atom. The molecule has 4 N–H and O–H groups in total. The Labute approximate surface area is 170 Å². The molecule has 3 aromatic rings. The van der Waals surface area contributed by atoms with E-state index in [4.69, 9.17) is 17.4 Å². The molecular formula is C18H17ClN6O2S. The first-order chi connectivity index (χ1) is 13.5. The Bertz CT molecular complexity index is 995. The van der Waals surface area contributed by atoms with Crippen LogP contribution < -0.4 is 16.5 Å². The van der Waals surface area contributed by atoms with Gasteiger partial charge in [0, 0.05) is 12.6 Å². The Balaban J connectivity index is 1.92. The lowest BCUT2D eigenvalue weighted by atomic mass is 10.1. The van der Waals surface area contributed by atoms with Crippen LogP contribution in [0, 0.1) is 0 Å². The van der Waals surface area contributed by atoms with Gasteiger partial charge in [-0.2, -0.15) is 0 Å². The number of rotatable bonds is 5. The highest BCUT2D eigenvalue weighted by Crippen LogP contribution is 2.36. The second kappa shape index (κ2) is 8.77. The van der Waals surface area contributed by atoms with E-state index in [9.17, 15) is 9.59 Å². The van der Waals surface area contributed by atoms with E-state index >= 15 is 0 Å². The molecule has 10 heteroatoms. The molecule has 3 rings (SSSR count). The Morgan fingerprint density at radius 1 is 1.11 bits per heavy atom. The number of aromatic nitrogens is 3. The van der Waals surface area contributed by atoms with Crippen molar-refractivity contribution >= 4 is 35.3 Å². The van der Waals surface area contributed by atoms with E-state index in [1.54, 1.807) is 42.5 Å². The van der Waals surface area contributed by atoms with E-state index in [0.29, 0.717) is 27.1 Å². The molecule has 0 spiro atoms. The number of nitrogens with zero attached hydrogens (tertiary/aromatic N) is 3. The van der Waals surface area contributed by atoms with Crippen LogP contribution >= 0.6 is 23.4 Å². The fraction of sp³-hybridized carbons (Fsp3) is 0.111. The lowest BCUT2D eigenvalue weighted by Crippen LogP contribution is -2.39. The average molecular weight is 417 g/mol. The number of amides is 3. The van der Waals surface area contributed by atoms with Crippen LogP contribution in [0.3, 0.4) is 0 Å². The van der Waals surface area contributed by atoms with Crippen molar-refractivity contribution in [3.05, 3.63) is 65.2 Å². The molecule has 0 radical (unpaired) electrons. The number of hydrogen-bond donors (Lipinski definition) is 3. The molecule has 0 fully saturated rings. The van der Waals surface area contributed by atoms with E-state index < -0.39 is 17.2 Å². The van der Waals surface area contributed by atoms with Crippen LogP contribution in [0.1, 0.15) is 10.8 Å². The fourth-order valence-electron chi connectivity index (χ4n) is 2.43. The van der Waals surface area contributed by atoms with Crippen LogP contribution in [-0.4, -0.2) is 33.9 Å². The third-order valence-corrected chi connectivity index (χ3v) is 5.35. The van der Waals surface area contributed by atoms with Gasteiger partial charge in [-0.15, -0.1) is 10.2 Å². The number of thioether (sulfide) groups is 1. The first-order valence-electron chi connectivity index (χ1n) is 8.21. The van der Waals surface area contributed by atoms with Crippen molar-refractivity contribution in [3.63, 3.8) is 0 Å². The summed E-state index contributed by atoms with van der Waals surface area (Å²) in [6, 6.07) is 15.5. The Hall–Kier alpha value is -3.04. The molecular weight excluding hydrogens is 400 g/mol. The van der Waals surface area contributed by atoms with Crippen molar-refractivity contribution in [2.75, 3.05) is 12.9 Å². The summed E-state index contributed by atoms with van der Waals surface area (Å²) in [4.78, 5) is 24.2. The van der Waals surface area contributed by atoms with Crippen LogP contribution in [-0.2, 0) is 4.79 Å². The molecule has 144 valence electrons. The van der Waals surface area contributed by atoms with E-state index in [1.807, 2.05) is 12.1 Å². The summed E-state index contributed by atoms with van der Waals surface area (Å²) in [5.74, 6) is 6.02. The van der Waals surface area contributed by atoms with Crippen molar-refractivity contribution in [2.45, 2.75) is 10.4 Å². The zero-order valence-corrected chi connectivity index (χ0v) is 16.4. The number of carbonyl (C=O) groups excluding carboxylic acids is 2. The number of imide groups is 1. The average Bonchev–Trinajstić information content (AvgIpc) is 3.07. The second-order valence-corrected chi connectivity index (χ2v) is 7.11. The van der Waals surface area contributed by atoms with Gasteiger partial charge in [0.25, 0.3) is 0 Å². The lowest BCUT2D eigenvalue weighted by Gasteiger charge is -2.15. The topological polar surface area (TPSA) is 115 Å². The van der Waals surface area contributed by atoms with Crippen molar-refractivity contribution in [1.82, 2.24) is 25.5 Å². The maximum absolute atomic E-state index is 12.6. The standard InChI is InChI=1S/C18H17ClN6O2S/c1-21-17(27)22-16(26)14(11-7-3-2-4-8-11)28-18-24-23-15(25(18)20)12-9-5-6-10-13(12)19/h2-10,14H,20H2,1H3,(H2,21,22,26,27)/t14-/m0/s1. The summed E-state index contributed by atoms with van der Waals surface area (Å²) in [7, 11) is 1.43. The first kappa shape index (κ1) is 19.7. The van der Waals surface area contributed by atoms with Gasteiger partial charge in [0.1, 0.15) is 5.25 Å². The smallest absolute Gasteiger partial charge is 0.321 e. The molecule has 8 nitrogen and oxygen atoms in total. The molecule has 0 unspecified atom stereocenters. The van der Waals surface area contributed by atoms with Crippen LogP contribution in [0.2, 0.25) is 5.02 Å². The summed E-state index contributed by atoms with van der Waals surface area (Å²) >= 11 is 7.29. The largest absolute Gasteiger partial charge is 0.341 e. The van der Waals surface area contributed by atoms with Gasteiger partial charge in [-0.25, -0.2) is 9.47 Å². The normalized spacial score (nSPS) is 11.6. The maximum Gasteiger partial charge on any atom is 0.321 e. The number of hydrogen-bond acceptors (Lipinski definition) is 6. The predicted octanol–water partition coefficient (Wildman–Crippen LogP) is 2.60. The van der Waals surface area contributed by atoms with Gasteiger partial charge in [0.2, 0.25) is 11.1 Å². The number of urea groups is 1. The van der Waals surface area contributed by atoms with Gasteiger partial charge in [0.15, 0.2) is 5.82 Å². The maximum atomic E-state index is 12.6. The number of nitrogens with one attached hydrogen (secondary N) is 2. The summed E-state index contributed by atoms with van der Waals surface area (Å²) in [6.07, 6.45) is 0. The number of nitrogen functional groups attached to an aromatic ring is 1. The van der Waals surface area contributed by atoms with Crippen LogP contribution in [0.5, 0.6) is 0 Å². The number of halogens is 1. The van der Waals surface area contributed by atoms with E-state index in [2.05, 4.69) is 20.8 Å². The monoisotopic (exact) mass is 416 g/mol. The number of carbonyl (C=O) groups is 2. The first-order valence-corrected chi connectivity index (χ1v) is 9.46. The molecule has 0 aliphatic rings. The quantitative estimate of drug-likeness (QED) is 0.435. The summed E-state index contributed by atoms with van der Waals surface area (Å²) in [5.41, 5.74) is 1.31. The van der Waals surface area contributed by atoms with Crippen molar-refractivity contribution in [1.29, 1.82) is 0 Å². The van der Waals surface area contributed by atoms with Crippen molar-refractivity contribution in [3.8, 4) is 11.4 Å². The summed E-state index contributed by atoms with van der Waals surface area (Å²) in [6.45, 7) is 0. The highest BCUT2D eigenvalue weighted by atomic mass is 35.5. The van der Waals surface area contributed by atoms with Gasteiger partial charge in [-0.1, -0.05) is 65.8 Å². The van der Waals surface area contributed by atoms with Gasteiger partial charge in [0.05, 0.1) is 5.02 Å². The third kappa shape index (κ3) is 4.26. The summed E-state index contributed by atoms with van der Waals surface area (Å²) < 4.78 is 1.27. The molecule has 1 heterocycles. The van der Waals surface area contributed by atoms with Crippen LogP contribution in [0.15, 0.2) is 59.8 Å². The van der Waals surface area contributed by atoms with E-state index in [1.165, 1.54) is 11.7 Å². The van der Waals surface area contributed by atoms with Gasteiger partial charge >= 0.3 is 6.03 Å².